The number of rotatable bonds is 5. The zero-order chi connectivity index (χ0) is 18.5. The molecule has 5 nitrogen and oxygen atoms in total. The number of aromatic nitrogens is 1. The standard InChI is InChI=1S/C22H23N3O2/c26-22(21-11-10-18-6-4-5-9-20(18)23-21)25-14-12-24(13-15-25)16-17-27-19-7-2-1-3-8-19/h1-11H,12-17H2/p+1. The summed E-state index contributed by atoms with van der Waals surface area (Å²) in [6, 6.07) is 21.6. The molecular formula is C22H24N3O2+. The predicted octanol–water partition coefficient (Wildman–Crippen LogP) is 1.65. The van der Waals surface area contributed by atoms with E-state index in [1.54, 1.807) is 0 Å². The molecule has 1 aliphatic rings. The van der Waals surface area contributed by atoms with Gasteiger partial charge in [-0.3, -0.25) is 4.79 Å². The normalized spacial score (nSPS) is 15.0. The highest BCUT2D eigenvalue weighted by atomic mass is 16.5. The number of benzene rings is 2. The highest BCUT2D eigenvalue weighted by Gasteiger charge is 2.25. The number of ether oxygens (including phenoxy) is 1. The second kappa shape index (κ2) is 8.18. The number of hydrogen-bond acceptors (Lipinski definition) is 3. The zero-order valence-corrected chi connectivity index (χ0v) is 15.3. The maximum atomic E-state index is 12.8. The Bertz CT molecular complexity index is 906. The largest absolute Gasteiger partial charge is 0.488 e. The summed E-state index contributed by atoms with van der Waals surface area (Å²) in [6.45, 7) is 5.04. The van der Waals surface area contributed by atoms with E-state index in [0.717, 1.165) is 49.4 Å². The molecular weight excluding hydrogens is 338 g/mol. The Hall–Kier alpha value is -2.92. The van der Waals surface area contributed by atoms with E-state index in [4.69, 9.17) is 4.74 Å². The van der Waals surface area contributed by atoms with Crippen molar-refractivity contribution in [1.29, 1.82) is 0 Å². The Labute approximate surface area is 159 Å². The van der Waals surface area contributed by atoms with Gasteiger partial charge in [0.25, 0.3) is 5.91 Å². The molecule has 0 bridgehead atoms. The number of carbonyl (C=O) groups is 1. The van der Waals surface area contributed by atoms with Crippen LogP contribution >= 0.6 is 0 Å². The minimum absolute atomic E-state index is 0.0281. The SMILES string of the molecule is O=C(c1ccc2ccccc2n1)N1CC[NH+](CCOc2ccccc2)CC1. The summed E-state index contributed by atoms with van der Waals surface area (Å²) in [7, 11) is 0. The molecule has 0 aliphatic carbocycles. The molecule has 1 amide bonds. The van der Waals surface area contributed by atoms with Gasteiger partial charge in [-0.2, -0.15) is 0 Å². The lowest BCUT2D eigenvalue weighted by Gasteiger charge is -2.32. The number of nitrogens with zero attached hydrogens (tertiary/aromatic N) is 2. The lowest BCUT2D eigenvalue weighted by atomic mass is 10.2. The van der Waals surface area contributed by atoms with E-state index in [1.165, 1.54) is 4.90 Å². The van der Waals surface area contributed by atoms with Crippen LogP contribution in [0.25, 0.3) is 10.9 Å². The zero-order valence-electron chi connectivity index (χ0n) is 15.3. The van der Waals surface area contributed by atoms with E-state index in [-0.39, 0.29) is 5.91 Å². The molecule has 1 aliphatic heterocycles. The number of carbonyl (C=O) groups excluding carboxylic acids is 1. The Morgan fingerprint density at radius 2 is 1.70 bits per heavy atom. The smallest absolute Gasteiger partial charge is 0.272 e. The average Bonchev–Trinajstić information content (AvgIpc) is 2.74. The minimum atomic E-state index is 0.0281. The first-order chi connectivity index (χ1) is 13.3. The summed E-state index contributed by atoms with van der Waals surface area (Å²) < 4.78 is 5.78. The molecule has 3 aromatic rings. The lowest BCUT2D eigenvalue weighted by molar-refractivity contribution is -0.903. The fourth-order valence-corrected chi connectivity index (χ4v) is 3.45. The number of amides is 1. The van der Waals surface area contributed by atoms with Crippen LogP contribution in [0, 0.1) is 0 Å². The van der Waals surface area contributed by atoms with Gasteiger partial charge in [-0.05, 0) is 24.3 Å². The number of hydrogen-bond donors (Lipinski definition) is 1. The molecule has 0 atom stereocenters. The van der Waals surface area contributed by atoms with Crippen molar-refractivity contribution in [2.24, 2.45) is 0 Å². The summed E-state index contributed by atoms with van der Waals surface area (Å²) in [5.41, 5.74) is 1.40. The van der Waals surface area contributed by atoms with Crippen molar-refractivity contribution in [3.63, 3.8) is 0 Å². The van der Waals surface area contributed by atoms with E-state index in [9.17, 15) is 4.79 Å². The summed E-state index contributed by atoms with van der Waals surface area (Å²) in [5.74, 6) is 0.938. The van der Waals surface area contributed by atoms with Crippen molar-refractivity contribution in [2.45, 2.75) is 0 Å². The van der Waals surface area contributed by atoms with Gasteiger partial charge in [-0.1, -0.05) is 42.5 Å². The lowest BCUT2D eigenvalue weighted by Crippen LogP contribution is -3.15. The number of piperazine rings is 1. The first kappa shape index (κ1) is 17.5. The van der Waals surface area contributed by atoms with Crippen LogP contribution in [0.2, 0.25) is 0 Å². The van der Waals surface area contributed by atoms with Crippen LogP contribution in [-0.4, -0.2) is 55.1 Å². The van der Waals surface area contributed by atoms with Crippen molar-refractivity contribution >= 4 is 16.8 Å². The van der Waals surface area contributed by atoms with Gasteiger partial charge in [-0.15, -0.1) is 0 Å². The van der Waals surface area contributed by atoms with Gasteiger partial charge in [-0.25, -0.2) is 4.98 Å². The van der Waals surface area contributed by atoms with Crippen molar-refractivity contribution in [2.75, 3.05) is 39.3 Å². The maximum absolute atomic E-state index is 12.8. The third kappa shape index (κ3) is 4.26. The van der Waals surface area contributed by atoms with Crippen LogP contribution < -0.4 is 9.64 Å². The summed E-state index contributed by atoms with van der Waals surface area (Å²) in [4.78, 5) is 20.7. The molecule has 2 heterocycles. The number of nitrogens with one attached hydrogen (secondary N) is 1. The fourth-order valence-electron chi connectivity index (χ4n) is 3.45. The third-order valence-electron chi connectivity index (χ3n) is 5.04. The maximum Gasteiger partial charge on any atom is 0.272 e. The monoisotopic (exact) mass is 362 g/mol. The summed E-state index contributed by atoms with van der Waals surface area (Å²) in [6.07, 6.45) is 0. The molecule has 5 heteroatoms. The Kier molecular flexibility index (Phi) is 5.30. The number of fused-ring (bicyclic) bond motifs is 1. The molecule has 27 heavy (non-hydrogen) atoms. The Balaban J connectivity index is 1.28. The molecule has 4 rings (SSSR count). The van der Waals surface area contributed by atoms with E-state index in [2.05, 4.69) is 4.98 Å². The minimum Gasteiger partial charge on any atom is -0.488 e. The molecule has 0 spiro atoms. The predicted molar refractivity (Wildman–Crippen MR) is 105 cm³/mol. The van der Waals surface area contributed by atoms with Crippen molar-refractivity contribution in [3.8, 4) is 5.75 Å². The molecule has 0 radical (unpaired) electrons. The van der Waals surface area contributed by atoms with Crippen molar-refractivity contribution in [3.05, 3.63) is 72.4 Å². The highest BCUT2D eigenvalue weighted by Crippen LogP contribution is 2.13. The van der Waals surface area contributed by atoms with Gasteiger partial charge in [0.15, 0.2) is 0 Å². The first-order valence-electron chi connectivity index (χ1n) is 9.46. The van der Waals surface area contributed by atoms with Crippen molar-refractivity contribution < 1.29 is 14.4 Å². The number of quaternary nitrogens is 1. The summed E-state index contributed by atoms with van der Waals surface area (Å²) >= 11 is 0. The molecule has 0 unspecified atom stereocenters. The topological polar surface area (TPSA) is 46.9 Å². The molecule has 1 fully saturated rings. The van der Waals surface area contributed by atoms with E-state index >= 15 is 0 Å². The van der Waals surface area contributed by atoms with Crippen molar-refractivity contribution in [1.82, 2.24) is 9.88 Å². The van der Waals surface area contributed by atoms with Crippen LogP contribution in [0.3, 0.4) is 0 Å². The molecule has 0 saturated carbocycles. The van der Waals surface area contributed by atoms with E-state index in [0.29, 0.717) is 12.3 Å². The molecule has 1 N–H and O–H groups in total. The van der Waals surface area contributed by atoms with Gasteiger partial charge < -0.3 is 14.5 Å². The van der Waals surface area contributed by atoms with Gasteiger partial charge in [0.1, 0.15) is 24.6 Å². The molecule has 1 saturated heterocycles. The Morgan fingerprint density at radius 3 is 2.52 bits per heavy atom. The first-order valence-corrected chi connectivity index (χ1v) is 9.46. The second-order valence-corrected chi connectivity index (χ2v) is 6.84. The van der Waals surface area contributed by atoms with E-state index < -0.39 is 0 Å². The van der Waals surface area contributed by atoms with E-state index in [1.807, 2.05) is 71.6 Å². The molecule has 1 aromatic heterocycles. The Morgan fingerprint density at radius 1 is 0.963 bits per heavy atom. The third-order valence-corrected chi connectivity index (χ3v) is 5.04. The average molecular weight is 362 g/mol. The van der Waals surface area contributed by atoms with Gasteiger partial charge in [0.05, 0.1) is 31.7 Å². The summed E-state index contributed by atoms with van der Waals surface area (Å²) in [5, 5.41) is 1.06. The number of para-hydroxylation sites is 2. The van der Waals surface area contributed by atoms with Crippen LogP contribution in [-0.2, 0) is 0 Å². The fraction of sp³-hybridized carbons (Fsp3) is 0.273. The van der Waals surface area contributed by atoms with Gasteiger partial charge >= 0.3 is 0 Å². The molecule has 138 valence electrons. The van der Waals surface area contributed by atoms with Gasteiger partial charge in [0, 0.05) is 5.39 Å². The van der Waals surface area contributed by atoms with Crippen LogP contribution in [0.4, 0.5) is 0 Å². The van der Waals surface area contributed by atoms with Crippen LogP contribution in [0.1, 0.15) is 10.5 Å². The van der Waals surface area contributed by atoms with Crippen LogP contribution in [0.5, 0.6) is 5.75 Å². The molecule has 2 aromatic carbocycles. The highest BCUT2D eigenvalue weighted by molar-refractivity contribution is 5.94. The quantitative estimate of drug-likeness (QED) is 0.751. The number of pyridine rings is 1. The van der Waals surface area contributed by atoms with Crippen LogP contribution in [0.15, 0.2) is 66.7 Å². The van der Waals surface area contributed by atoms with Gasteiger partial charge in [0.2, 0.25) is 0 Å². The second-order valence-electron chi connectivity index (χ2n) is 6.84.